The van der Waals surface area contributed by atoms with Gasteiger partial charge in [-0.15, -0.1) is 0 Å². The van der Waals surface area contributed by atoms with Gasteiger partial charge in [-0.25, -0.2) is 9.78 Å². The van der Waals surface area contributed by atoms with E-state index in [2.05, 4.69) is 9.88 Å². The summed E-state index contributed by atoms with van der Waals surface area (Å²) in [6.07, 6.45) is 7.15. The molecule has 0 atom stereocenters. The fourth-order valence-corrected chi connectivity index (χ4v) is 2.78. The van der Waals surface area contributed by atoms with Crippen molar-refractivity contribution in [3.63, 3.8) is 0 Å². The average Bonchev–Trinajstić information content (AvgIpc) is 3.28. The molecule has 2 aromatic rings. The lowest BCUT2D eigenvalue weighted by Gasteiger charge is -2.20. The minimum absolute atomic E-state index is 0.112. The van der Waals surface area contributed by atoms with Gasteiger partial charge in [-0.3, -0.25) is 10.1 Å². The van der Waals surface area contributed by atoms with Crippen molar-refractivity contribution >= 4 is 17.3 Å². The van der Waals surface area contributed by atoms with Crippen molar-refractivity contribution in [2.45, 2.75) is 19.4 Å². The standard InChI is InChI=1S/C16H18N4O4/c21-16(24-10-9-18-8-5-17-12-18)14-11-13(20(22)23)3-4-15(14)19-6-1-2-7-19/h3-5,8,11-12H,1-2,6-7,9-10H2. The highest BCUT2D eigenvalue weighted by Gasteiger charge is 2.23. The number of rotatable bonds is 6. The highest BCUT2D eigenvalue weighted by atomic mass is 16.6. The zero-order valence-corrected chi connectivity index (χ0v) is 13.1. The molecule has 1 aliphatic rings. The van der Waals surface area contributed by atoms with Crippen LogP contribution in [0.4, 0.5) is 11.4 Å². The van der Waals surface area contributed by atoms with Crippen LogP contribution in [0.1, 0.15) is 23.2 Å². The summed E-state index contributed by atoms with van der Waals surface area (Å²) in [6, 6.07) is 4.36. The van der Waals surface area contributed by atoms with Gasteiger partial charge in [0.25, 0.3) is 5.69 Å². The van der Waals surface area contributed by atoms with E-state index in [0.717, 1.165) is 25.9 Å². The summed E-state index contributed by atoms with van der Waals surface area (Å²) in [5, 5.41) is 11.0. The van der Waals surface area contributed by atoms with Gasteiger partial charge in [-0.1, -0.05) is 0 Å². The van der Waals surface area contributed by atoms with Crippen LogP contribution in [0.2, 0.25) is 0 Å². The number of imidazole rings is 1. The predicted molar refractivity (Wildman–Crippen MR) is 87.1 cm³/mol. The molecule has 0 unspecified atom stereocenters. The fraction of sp³-hybridized carbons (Fsp3) is 0.375. The number of benzene rings is 1. The van der Waals surface area contributed by atoms with Gasteiger partial charge in [0.15, 0.2) is 0 Å². The molecule has 8 nitrogen and oxygen atoms in total. The molecule has 24 heavy (non-hydrogen) atoms. The number of hydrogen-bond acceptors (Lipinski definition) is 6. The van der Waals surface area contributed by atoms with E-state index in [1.165, 1.54) is 12.1 Å². The summed E-state index contributed by atoms with van der Waals surface area (Å²) < 4.78 is 7.09. The zero-order chi connectivity index (χ0) is 16.9. The molecule has 2 heterocycles. The Labute approximate surface area is 138 Å². The number of carbonyl (C=O) groups is 1. The first-order chi connectivity index (χ1) is 11.6. The van der Waals surface area contributed by atoms with Crippen molar-refractivity contribution in [1.82, 2.24) is 9.55 Å². The number of nitro benzene ring substituents is 1. The van der Waals surface area contributed by atoms with E-state index in [1.807, 2.05) is 0 Å². The van der Waals surface area contributed by atoms with Gasteiger partial charge in [0.2, 0.25) is 0 Å². The molecule has 1 saturated heterocycles. The van der Waals surface area contributed by atoms with E-state index in [0.29, 0.717) is 12.2 Å². The van der Waals surface area contributed by atoms with Crippen molar-refractivity contribution in [3.8, 4) is 0 Å². The second kappa shape index (κ2) is 7.12. The first-order valence-electron chi connectivity index (χ1n) is 7.81. The zero-order valence-electron chi connectivity index (χ0n) is 13.1. The Balaban J connectivity index is 1.76. The molecule has 126 valence electrons. The molecule has 1 fully saturated rings. The maximum absolute atomic E-state index is 12.4. The minimum Gasteiger partial charge on any atom is -0.460 e. The molecule has 0 N–H and O–H groups in total. The monoisotopic (exact) mass is 330 g/mol. The van der Waals surface area contributed by atoms with E-state index >= 15 is 0 Å². The third-order valence-corrected chi connectivity index (χ3v) is 4.00. The topological polar surface area (TPSA) is 90.5 Å². The third kappa shape index (κ3) is 3.53. The summed E-state index contributed by atoms with van der Waals surface area (Å²) >= 11 is 0. The van der Waals surface area contributed by atoms with Crippen molar-refractivity contribution in [2.24, 2.45) is 0 Å². The molecule has 1 aromatic carbocycles. The van der Waals surface area contributed by atoms with Gasteiger partial charge >= 0.3 is 5.97 Å². The molecule has 0 aliphatic carbocycles. The third-order valence-electron chi connectivity index (χ3n) is 4.00. The van der Waals surface area contributed by atoms with Crippen LogP contribution in [0, 0.1) is 10.1 Å². The first kappa shape index (κ1) is 16.0. The second-order valence-corrected chi connectivity index (χ2v) is 5.59. The smallest absolute Gasteiger partial charge is 0.340 e. The number of hydrogen-bond donors (Lipinski definition) is 0. The van der Waals surface area contributed by atoms with Crippen molar-refractivity contribution < 1.29 is 14.5 Å². The number of nitro groups is 1. The van der Waals surface area contributed by atoms with E-state index in [9.17, 15) is 14.9 Å². The lowest BCUT2D eigenvalue weighted by Crippen LogP contribution is -2.22. The highest BCUT2D eigenvalue weighted by Crippen LogP contribution is 2.28. The second-order valence-electron chi connectivity index (χ2n) is 5.59. The summed E-state index contributed by atoms with van der Waals surface area (Å²) in [5.41, 5.74) is 0.835. The van der Waals surface area contributed by atoms with E-state index in [4.69, 9.17) is 4.74 Å². The van der Waals surface area contributed by atoms with Gasteiger partial charge in [0, 0.05) is 37.6 Å². The van der Waals surface area contributed by atoms with Crippen LogP contribution in [0.15, 0.2) is 36.9 Å². The number of nitrogens with zero attached hydrogens (tertiary/aromatic N) is 4. The van der Waals surface area contributed by atoms with Crippen LogP contribution in [-0.2, 0) is 11.3 Å². The Kier molecular flexibility index (Phi) is 4.74. The van der Waals surface area contributed by atoms with Gasteiger partial charge < -0.3 is 14.2 Å². The van der Waals surface area contributed by atoms with Crippen LogP contribution in [0.5, 0.6) is 0 Å². The first-order valence-corrected chi connectivity index (χ1v) is 7.81. The van der Waals surface area contributed by atoms with Crippen molar-refractivity contribution in [1.29, 1.82) is 0 Å². The number of esters is 1. The Morgan fingerprint density at radius 1 is 1.33 bits per heavy atom. The molecule has 0 saturated carbocycles. The van der Waals surface area contributed by atoms with Crippen molar-refractivity contribution in [3.05, 3.63) is 52.6 Å². The van der Waals surface area contributed by atoms with Gasteiger partial charge in [0.1, 0.15) is 6.61 Å². The molecule has 0 radical (unpaired) electrons. The Bertz CT molecular complexity index is 724. The van der Waals surface area contributed by atoms with Crippen LogP contribution >= 0.6 is 0 Å². The highest BCUT2D eigenvalue weighted by molar-refractivity contribution is 5.96. The maximum Gasteiger partial charge on any atom is 0.340 e. The quantitative estimate of drug-likeness (QED) is 0.458. The Hall–Kier alpha value is -2.90. The molecule has 0 amide bonds. The predicted octanol–water partition coefficient (Wildman–Crippen LogP) is 2.25. The van der Waals surface area contributed by atoms with Crippen molar-refractivity contribution in [2.75, 3.05) is 24.6 Å². The van der Waals surface area contributed by atoms with Gasteiger partial charge in [0.05, 0.1) is 29.0 Å². The molecule has 1 aromatic heterocycles. The minimum atomic E-state index is -0.541. The Morgan fingerprint density at radius 3 is 2.79 bits per heavy atom. The lowest BCUT2D eigenvalue weighted by atomic mass is 10.1. The van der Waals surface area contributed by atoms with E-state index < -0.39 is 10.9 Å². The average molecular weight is 330 g/mol. The lowest BCUT2D eigenvalue weighted by molar-refractivity contribution is -0.384. The number of carbonyl (C=O) groups excluding carboxylic acids is 1. The maximum atomic E-state index is 12.4. The number of ether oxygens (including phenoxy) is 1. The van der Waals surface area contributed by atoms with Crippen LogP contribution in [0.25, 0.3) is 0 Å². The molecule has 0 bridgehead atoms. The molecule has 1 aliphatic heterocycles. The number of anilines is 1. The summed E-state index contributed by atoms with van der Waals surface area (Å²) in [4.78, 5) is 28.9. The van der Waals surface area contributed by atoms with Gasteiger partial charge in [-0.2, -0.15) is 0 Å². The molecule has 3 rings (SSSR count). The van der Waals surface area contributed by atoms with E-state index in [1.54, 1.807) is 29.4 Å². The molecule has 8 heteroatoms. The number of aromatic nitrogens is 2. The van der Waals surface area contributed by atoms with Crippen LogP contribution < -0.4 is 4.90 Å². The van der Waals surface area contributed by atoms with Gasteiger partial charge in [-0.05, 0) is 18.9 Å². The summed E-state index contributed by atoms with van der Waals surface area (Å²) in [5.74, 6) is -0.541. The normalized spacial score (nSPS) is 13.9. The summed E-state index contributed by atoms with van der Waals surface area (Å²) in [6.45, 7) is 2.34. The Morgan fingerprint density at radius 2 is 2.12 bits per heavy atom. The SMILES string of the molecule is O=C(OCCn1ccnc1)c1cc([N+](=O)[O-])ccc1N1CCCC1. The van der Waals surface area contributed by atoms with E-state index in [-0.39, 0.29) is 17.9 Å². The molecule has 0 spiro atoms. The summed E-state index contributed by atoms with van der Waals surface area (Å²) in [7, 11) is 0. The largest absolute Gasteiger partial charge is 0.460 e. The molecular weight excluding hydrogens is 312 g/mol. The fourth-order valence-electron chi connectivity index (χ4n) is 2.78. The number of non-ortho nitro benzene ring substituents is 1. The van der Waals surface area contributed by atoms with Crippen LogP contribution in [0.3, 0.4) is 0 Å². The van der Waals surface area contributed by atoms with Crippen LogP contribution in [-0.4, -0.2) is 40.1 Å². The molecular formula is C16H18N4O4.